The summed E-state index contributed by atoms with van der Waals surface area (Å²) in [5.74, 6) is 1.24. The number of rotatable bonds is 7. The van der Waals surface area contributed by atoms with Gasteiger partial charge < -0.3 is 9.47 Å². The van der Waals surface area contributed by atoms with Gasteiger partial charge in [0.1, 0.15) is 17.8 Å². The fraction of sp³-hybridized carbons (Fsp3) is 0.263. The molecule has 0 aliphatic heterocycles. The van der Waals surface area contributed by atoms with Gasteiger partial charge in [0.05, 0.1) is 12.2 Å². The predicted molar refractivity (Wildman–Crippen MR) is 88.2 cm³/mol. The first-order valence-corrected chi connectivity index (χ1v) is 7.62. The van der Waals surface area contributed by atoms with Gasteiger partial charge in [0, 0.05) is 5.56 Å². The summed E-state index contributed by atoms with van der Waals surface area (Å²) < 4.78 is 10.9. The van der Waals surface area contributed by atoms with Crippen molar-refractivity contribution in [1.82, 2.24) is 0 Å². The molecule has 1 atom stereocenters. The van der Waals surface area contributed by atoms with E-state index in [1.165, 1.54) is 0 Å². The molecule has 0 aliphatic carbocycles. The number of hydrogen-bond acceptors (Lipinski definition) is 4. The van der Waals surface area contributed by atoms with Gasteiger partial charge in [-0.1, -0.05) is 32.4 Å². The molecule has 0 radical (unpaired) electrons. The van der Waals surface area contributed by atoms with Crippen LogP contribution in [0.1, 0.15) is 41.0 Å². The molecule has 0 saturated carbocycles. The molecule has 0 heterocycles. The van der Waals surface area contributed by atoms with Gasteiger partial charge >= 0.3 is 5.97 Å². The lowest BCUT2D eigenvalue weighted by Crippen LogP contribution is -2.09. The largest absolute Gasteiger partial charge is 0.493 e. The van der Waals surface area contributed by atoms with Crippen LogP contribution in [0.25, 0.3) is 0 Å². The maximum absolute atomic E-state index is 12.0. The summed E-state index contributed by atoms with van der Waals surface area (Å²) in [6.45, 7) is 4.92. The van der Waals surface area contributed by atoms with Crippen molar-refractivity contribution in [2.45, 2.75) is 20.3 Å². The second-order valence-electron chi connectivity index (χ2n) is 5.43. The lowest BCUT2D eigenvalue weighted by molar-refractivity contribution is 0.0734. The predicted octanol–water partition coefficient (Wildman–Crippen LogP) is 4.14. The number of ether oxygens (including phenoxy) is 2. The zero-order chi connectivity index (χ0) is 16.7. The Morgan fingerprint density at radius 2 is 1.65 bits per heavy atom. The molecule has 2 rings (SSSR count). The Morgan fingerprint density at radius 1 is 1.04 bits per heavy atom. The van der Waals surface area contributed by atoms with Crippen LogP contribution < -0.4 is 9.47 Å². The van der Waals surface area contributed by atoms with Crippen LogP contribution in [0, 0.1) is 5.92 Å². The molecule has 0 saturated heterocycles. The third kappa shape index (κ3) is 4.95. The number of benzene rings is 2. The van der Waals surface area contributed by atoms with Crippen molar-refractivity contribution in [3.63, 3.8) is 0 Å². The first-order valence-electron chi connectivity index (χ1n) is 7.62. The summed E-state index contributed by atoms with van der Waals surface area (Å²) in [6, 6.07) is 13.2. The molecular formula is C19H20O4. The lowest BCUT2D eigenvalue weighted by Gasteiger charge is -2.11. The van der Waals surface area contributed by atoms with E-state index in [0.717, 1.165) is 18.5 Å². The first-order chi connectivity index (χ1) is 11.1. The first kappa shape index (κ1) is 16.7. The van der Waals surface area contributed by atoms with Crippen LogP contribution in [-0.4, -0.2) is 18.9 Å². The summed E-state index contributed by atoms with van der Waals surface area (Å²) in [5, 5.41) is 0. The normalized spacial score (nSPS) is 11.6. The van der Waals surface area contributed by atoms with Gasteiger partial charge in [-0.05, 0) is 42.3 Å². The Kier molecular flexibility index (Phi) is 5.92. The molecule has 0 aromatic heterocycles. The highest BCUT2D eigenvalue weighted by atomic mass is 16.5. The van der Waals surface area contributed by atoms with Crippen LogP contribution in [-0.2, 0) is 0 Å². The van der Waals surface area contributed by atoms with E-state index >= 15 is 0 Å². The summed E-state index contributed by atoms with van der Waals surface area (Å²) in [4.78, 5) is 22.6. The van der Waals surface area contributed by atoms with Crippen molar-refractivity contribution >= 4 is 12.3 Å². The average molecular weight is 312 g/mol. The molecule has 0 fully saturated rings. The number of carbonyl (C=O) groups excluding carboxylic acids is 2. The number of carbonyl (C=O) groups is 2. The molecule has 1 unspecified atom stereocenters. The number of esters is 1. The van der Waals surface area contributed by atoms with Crippen molar-refractivity contribution < 1.29 is 19.1 Å². The summed E-state index contributed by atoms with van der Waals surface area (Å²) in [5.41, 5.74) is 0.914. The lowest BCUT2D eigenvalue weighted by atomic mass is 10.1. The van der Waals surface area contributed by atoms with E-state index in [4.69, 9.17) is 9.47 Å². The van der Waals surface area contributed by atoms with Crippen molar-refractivity contribution in [3.05, 3.63) is 59.7 Å². The van der Waals surface area contributed by atoms with Crippen LogP contribution in [0.4, 0.5) is 0 Å². The Morgan fingerprint density at radius 3 is 2.22 bits per heavy atom. The molecule has 4 nitrogen and oxygen atoms in total. The molecule has 23 heavy (non-hydrogen) atoms. The van der Waals surface area contributed by atoms with E-state index in [2.05, 4.69) is 13.8 Å². The molecule has 2 aromatic carbocycles. The second kappa shape index (κ2) is 8.13. The SMILES string of the molecule is CCC(C)COc1ccc(OC(=O)c2ccc(C=O)cc2)cc1. The van der Waals surface area contributed by atoms with E-state index in [1.54, 1.807) is 48.5 Å². The van der Waals surface area contributed by atoms with Gasteiger partial charge in [0.15, 0.2) is 0 Å². The van der Waals surface area contributed by atoms with E-state index in [1.807, 2.05) is 0 Å². The fourth-order valence-corrected chi connectivity index (χ4v) is 1.82. The maximum Gasteiger partial charge on any atom is 0.343 e. The standard InChI is InChI=1S/C19H20O4/c1-3-14(2)13-22-17-8-10-18(11-9-17)23-19(21)16-6-4-15(12-20)5-7-16/h4-12,14H,3,13H2,1-2H3. The third-order valence-electron chi connectivity index (χ3n) is 3.55. The quantitative estimate of drug-likeness (QED) is 0.438. The van der Waals surface area contributed by atoms with Crippen molar-refractivity contribution in [3.8, 4) is 11.5 Å². The molecule has 0 N–H and O–H groups in total. The van der Waals surface area contributed by atoms with Gasteiger partial charge in [-0.3, -0.25) is 4.79 Å². The van der Waals surface area contributed by atoms with Crippen LogP contribution >= 0.6 is 0 Å². The van der Waals surface area contributed by atoms with Gasteiger partial charge in [-0.15, -0.1) is 0 Å². The Bertz CT molecular complexity index is 644. The van der Waals surface area contributed by atoms with Crippen LogP contribution in [0.2, 0.25) is 0 Å². The third-order valence-corrected chi connectivity index (χ3v) is 3.55. The van der Waals surface area contributed by atoms with Crippen molar-refractivity contribution in [1.29, 1.82) is 0 Å². The molecule has 0 bridgehead atoms. The fourth-order valence-electron chi connectivity index (χ4n) is 1.82. The van der Waals surface area contributed by atoms with Gasteiger partial charge in [-0.25, -0.2) is 4.79 Å². The van der Waals surface area contributed by atoms with E-state index in [-0.39, 0.29) is 0 Å². The average Bonchev–Trinajstić information content (AvgIpc) is 2.60. The van der Waals surface area contributed by atoms with Gasteiger partial charge in [0.25, 0.3) is 0 Å². The van der Waals surface area contributed by atoms with Gasteiger partial charge in [0.2, 0.25) is 0 Å². The Labute approximate surface area is 136 Å². The van der Waals surface area contributed by atoms with E-state index in [0.29, 0.717) is 29.4 Å². The number of hydrogen-bond donors (Lipinski definition) is 0. The summed E-state index contributed by atoms with van der Waals surface area (Å²) >= 11 is 0. The summed E-state index contributed by atoms with van der Waals surface area (Å²) in [6.07, 6.45) is 1.80. The molecule has 2 aromatic rings. The minimum Gasteiger partial charge on any atom is -0.493 e. The molecule has 0 amide bonds. The molecule has 120 valence electrons. The van der Waals surface area contributed by atoms with Crippen molar-refractivity contribution in [2.75, 3.05) is 6.61 Å². The molecule has 0 spiro atoms. The minimum atomic E-state index is -0.462. The minimum absolute atomic E-state index is 0.396. The summed E-state index contributed by atoms with van der Waals surface area (Å²) in [7, 11) is 0. The smallest absolute Gasteiger partial charge is 0.343 e. The zero-order valence-electron chi connectivity index (χ0n) is 13.3. The van der Waals surface area contributed by atoms with Crippen LogP contribution in [0.3, 0.4) is 0 Å². The highest BCUT2D eigenvalue weighted by molar-refractivity contribution is 5.91. The molecule has 4 heteroatoms. The Hall–Kier alpha value is -2.62. The monoisotopic (exact) mass is 312 g/mol. The van der Waals surface area contributed by atoms with Crippen LogP contribution in [0.15, 0.2) is 48.5 Å². The zero-order valence-corrected chi connectivity index (χ0v) is 13.3. The molecular weight excluding hydrogens is 292 g/mol. The van der Waals surface area contributed by atoms with Gasteiger partial charge in [-0.2, -0.15) is 0 Å². The second-order valence-corrected chi connectivity index (χ2v) is 5.43. The highest BCUT2D eigenvalue weighted by Gasteiger charge is 2.09. The topological polar surface area (TPSA) is 52.6 Å². The Balaban J connectivity index is 1.94. The van der Waals surface area contributed by atoms with E-state index < -0.39 is 5.97 Å². The number of aldehydes is 1. The highest BCUT2D eigenvalue weighted by Crippen LogP contribution is 2.19. The van der Waals surface area contributed by atoms with Crippen molar-refractivity contribution in [2.24, 2.45) is 5.92 Å². The molecule has 0 aliphatic rings. The van der Waals surface area contributed by atoms with E-state index in [9.17, 15) is 9.59 Å². The van der Waals surface area contributed by atoms with Crippen LogP contribution in [0.5, 0.6) is 11.5 Å². The maximum atomic E-state index is 12.0.